The normalized spacial score (nSPS) is 11.5. The Morgan fingerprint density at radius 3 is 1.86 bits per heavy atom. The molecule has 2 nitrogen and oxygen atoms in total. The Morgan fingerprint density at radius 1 is 0.676 bits per heavy atom. The summed E-state index contributed by atoms with van der Waals surface area (Å²) in [5.41, 5.74) is 5.85. The fourth-order valence-corrected chi connectivity index (χ4v) is 4.39. The van der Waals surface area contributed by atoms with E-state index >= 15 is 0 Å². The second-order valence-corrected chi connectivity index (χ2v) is 9.72. The summed E-state index contributed by atoms with van der Waals surface area (Å²) in [6, 6.07) is 21.9. The zero-order valence-corrected chi connectivity index (χ0v) is 22.3. The quantitative estimate of drug-likeness (QED) is 0.0816. The van der Waals surface area contributed by atoms with Gasteiger partial charge < -0.3 is 0 Å². The number of aryl methyl sites for hydroxylation is 2. The Hall–Kier alpha value is -3.33. The molecule has 0 saturated heterocycles. The van der Waals surface area contributed by atoms with Crippen LogP contribution in [-0.4, -0.2) is 12.4 Å². The highest BCUT2D eigenvalue weighted by atomic mass is 19.1. The van der Waals surface area contributed by atoms with Gasteiger partial charge in [0.2, 0.25) is 0 Å². The first-order valence-electron chi connectivity index (χ1n) is 13.8. The third-order valence-corrected chi connectivity index (χ3v) is 6.66. The molecule has 0 aliphatic carbocycles. The lowest BCUT2D eigenvalue weighted by molar-refractivity contribution is 0.630. The van der Waals surface area contributed by atoms with Crippen LogP contribution in [0, 0.1) is 5.82 Å². The summed E-state index contributed by atoms with van der Waals surface area (Å²) in [5.74, 6) is -0.250. The van der Waals surface area contributed by atoms with Gasteiger partial charge in [-0.2, -0.15) is 10.2 Å². The predicted octanol–water partition coefficient (Wildman–Crippen LogP) is 9.75. The van der Waals surface area contributed by atoms with Crippen molar-refractivity contribution in [2.75, 3.05) is 0 Å². The van der Waals surface area contributed by atoms with Crippen LogP contribution >= 0.6 is 0 Å². The van der Waals surface area contributed by atoms with Crippen molar-refractivity contribution in [1.82, 2.24) is 0 Å². The van der Waals surface area contributed by atoms with Gasteiger partial charge in [-0.25, -0.2) is 4.39 Å². The van der Waals surface area contributed by atoms with Crippen LogP contribution in [0.2, 0.25) is 0 Å². The minimum atomic E-state index is -0.250. The summed E-state index contributed by atoms with van der Waals surface area (Å²) < 4.78 is 14.8. The lowest BCUT2D eigenvalue weighted by Gasteiger charge is -2.07. The third-order valence-electron chi connectivity index (χ3n) is 6.66. The van der Waals surface area contributed by atoms with Crippen molar-refractivity contribution in [3.05, 3.63) is 107 Å². The molecule has 0 amide bonds. The van der Waals surface area contributed by atoms with Crippen molar-refractivity contribution in [2.45, 2.75) is 77.6 Å². The summed E-state index contributed by atoms with van der Waals surface area (Å²) in [5, 5.41) is 8.25. The number of halogens is 1. The fraction of sp³-hybridized carbons (Fsp3) is 0.353. The van der Waals surface area contributed by atoms with E-state index < -0.39 is 0 Å². The zero-order chi connectivity index (χ0) is 26.1. The van der Waals surface area contributed by atoms with E-state index in [1.165, 1.54) is 68.6 Å². The highest BCUT2D eigenvalue weighted by molar-refractivity contribution is 5.83. The lowest BCUT2D eigenvalue weighted by atomic mass is 10.00. The van der Waals surface area contributed by atoms with Gasteiger partial charge in [0.15, 0.2) is 0 Å². The number of hydrogen-bond donors (Lipinski definition) is 0. The van der Waals surface area contributed by atoms with Crippen LogP contribution in [0.4, 0.5) is 4.39 Å². The molecule has 0 heterocycles. The van der Waals surface area contributed by atoms with Crippen LogP contribution in [0.1, 0.15) is 87.0 Å². The maximum Gasteiger partial charge on any atom is 0.131 e. The molecule has 0 aliphatic rings. The van der Waals surface area contributed by atoms with Gasteiger partial charge in [0.05, 0.1) is 12.4 Å². The molecule has 0 N–H and O–H groups in total. The Labute approximate surface area is 223 Å². The Balaban J connectivity index is 1.48. The van der Waals surface area contributed by atoms with Crippen molar-refractivity contribution in [1.29, 1.82) is 0 Å². The van der Waals surface area contributed by atoms with Gasteiger partial charge in [0, 0.05) is 5.56 Å². The fourth-order valence-electron chi connectivity index (χ4n) is 4.39. The number of benzene rings is 3. The predicted molar refractivity (Wildman–Crippen MR) is 158 cm³/mol. The highest BCUT2D eigenvalue weighted by Crippen LogP contribution is 2.24. The molecule has 0 unspecified atom stereocenters. The molecule has 0 aromatic heterocycles. The molecule has 0 saturated carbocycles. The molecule has 0 spiro atoms. The van der Waals surface area contributed by atoms with Crippen molar-refractivity contribution < 1.29 is 4.39 Å². The molecular formula is C34H41FN2. The second kappa shape index (κ2) is 16.4. The van der Waals surface area contributed by atoms with Gasteiger partial charge in [-0.05, 0) is 72.4 Å². The molecule has 3 aromatic rings. The van der Waals surface area contributed by atoms with Crippen LogP contribution in [0.15, 0.2) is 89.6 Å². The number of hydrogen-bond acceptors (Lipinski definition) is 2. The van der Waals surface area contributed by atoms with E-state index in [0.29, 0.717) is 11.1 Å². The standard InChI is InChI=1S/C34H41FN2/c1-3-5-7-9-11-13-28-15-17-30(18-16-28)26-36-37-27-31-21-24-33(34(35)25-31)32-22-19-29(20-23-32)14-12-10-8-6-4-2/h3,15-27H,1,4-14H2,2H3. The lowest BCUT2D eigenvalue weighted by Crippen LogP contribution is -1.90. The van der Waals surface area contributed by atoms with E-state index in [2.05, 4.69) is 60.1 Å². The summed E-state index contributed by atoms with van der Waals surface area (Å²) in [4.78, 5) is 0. The molecule has 0 aliphatic heterocycles. The summed E-state index contributed by atoms with van der Waals surface area (Å²) in [7, 11) is 0. The first kappa shape index (κ1) is 28.2. The molecule has 194 valence electrons. The van der Waals surface area contributed by atoms with Gasteiger partial charge in [0.25, 0.3) is 0 Å². The van der Waals surface area contributed by atoms with E-state index in [1.54, 1.807) is 12.4 Å². The van der Waals surface area contributed by atoms with E-state index in [9.17, 15) is 4.39 Å². The Bertz CT molecular complexity index is 1130. The largest absolute Gasteiger partial charge is 0.206 e. The number of nitrogens with zero attached hydrogens (tertiary/aromatic N) is 2. The summed E-state index contributed by atoms with van der Waals surface area (Å²) in [6.45, 7) is 6.00. The van der Waals surface area contributed by atoms with Crippen LogP contribution in [0.3, 0.4) is 0 Å². The topological polar surface area (TPSA) is 24.7 Å². The average Bonchev–Trinajstić information content (AvgIpc) is 2.92. The van der Waals surface area contributed by atoms with Crippen molar-refractivity contribution >= 4 is 12.4 Å². The second-order valence-electron chi connectivity index (χ2n) is 9.72. The van der Waals surface area contributed by atoms with E-state index in [-0.39, 0.29) is 5.82 Å². The number of allylic oxidation sites excluding steroid dienone is 1. The summed E-state index contributed by atoms with van der Waals surface area (Å²) >= 11 is 0. The minimum absolute atomic E-state index is 0.250. The van der Waals surface area contributed by atoms with Gasteiger partial charge in [-0.3, -0.25) is 0 Å². The molecule has 3 rings (SSSR count). The number of unbranched alkanes of at least 4 members (excludes halogenated alkanes) is 7. The maximum atomic E-state index is 14.8. The van der Waals surface area contributed by atoms with E-state index in [1.807, 2.05) is 30.3 Å². The SMILES string of the molecule is C=CCCCCCc1ccc(C=NN=Cc2ccc(-c3ccc(CCCCCCC)cc3)c(F)c2)cc1. The molecule has 3 heteroatoms. The van der Waals surface area contributed by atoms with Crippen molar-refractivity contribution in [3.63, 3.8) is 0 Å². The Kier molecular flexibility index (Phi) is 12.5. The van der Waals surface area contributed by atoms with E-state index in [0.717, 1.165) is 30.4 Å². The van der Waals surface area contributed by atoms with Crippen LogP contribution in [0.25, 0.3) is 11.1 Å². The number of rotatable bonds is 16. The molecule has 0 fully saturated rings. The van der Waals surface area contributed by atoms with E-state index in [4.69, 9.17) is 0 Å². The molecule has 0 atom stereocenters. The Morgan fingerprint density at radius 2 is 1.24 bits per heavy atom. The first-order valence-corrected chi connectivity index (χ1v) is 13.8. The molecule has 0 bridgehead atoms. The molecule has 37 heavy (non-hydrogen) atoms. The zero-order valence-electron chi connectivity index (χ0n) is 22.3. The molecule has 0 radical (unpaired) electrons. The minimum Gasteiger partial charge on any atom is -0.206 e. The van der Waals surface area contributed by atoms with Crippen molar-refractivity contribution in [3.8, 4) is 11.1 Å². The molecular weight excluding hydrogens is 455 g/mol. The summed E-state index contributed by atoms with van der Waals surface area (Å²) in [6.07, 6.45) is 18.6. The van der Waals surface area contributed by atoms with Gasteiger partial charge in [-0.15, -0.1) is 6.58 Å². The van der Waals surface area contributed by atoms with Crippen LogP contribution in [-0.2, 0) is 12.8 Å². The van der Waals surface area contributed by atoms with Crippen LogP contribution in [0.5, 0.6) is 0 Å². The maximum absolute atomic E-state index is 14.8. The van der Waals surface area contributed by atoms with Crippen molar-refractivity contribution in [2.24, 2.45) is 10.2 Å². The first-order chi connectivity index (χ1) is 18.2. The smallest absolute Gasteiger partial charge is 0.131 e. The van der Waals surface area contributed by atoms with Gasteiger partial charge in [0.1, 0.15) is 5.82 Å². The average molecular weight is 497 g/mol. The highest BCUT2D eigenvalue weighted by Gasteiger charge is 2.06. The monoisotopic (exact) mass is 496 g/mol. The van der Waals surface area contributed by atoms with Crippen LogP contribution < -0.4 is 0 Å². The third kappa shape index (κ3) is 10.3. The molecule has 3 aromatic carbocycles. The van der Waals surface area contributed by atoms with Gasteiger partial charge in [-0.1, -0.05) is 106 Å². The van der Waals surface area contributed by atoms with Gasteiger partial charge >= 0.3 is 0 Å².